The molecule has 0 unspecified atom stereocenters. The van der Waals surface area contributed by atoms with Gasteiger partial charge in [0.05, 0.1) is 0 Å². The Bertz CT molecular complexity index is 170. The Morgan fingerprint density at radius 1 is 0.933 bits per heavy atom. The maximum Gasteiger partial charge on any atom is 0.133 e. The molecule has 15 heavy (non-hydrogen) atoms. The summed E-state index contributed by atoms with van der Waals surface area (Å²) in [7, 11) is 0. The van der Waals surface area contributed by atoms with E-state index < -0.39 is 0 Å². The van der Waals surface area contributed by atoms with Crippen LogP contribution in [0.15, 0.2) is 12.2 Å². The molecular weight excluding hydrogens is 184 g/mol. The lowest BCUT2D eigenvalue weighted by Crippen LogP contribution is -1.84. The van der Waals surface area contributed by atoms with Gasteiger partial charge in [-0.3, -0.25) is 4.79 Å². The van der Waals surface area contributed by atoms with Crippen LogP contribution in [-0.4, -0.2) is 5.78 Å². The highest BCUT2D eigenvalue weighted by Crippen LogP contribution is 2.08. The molecule has 0 fully saturated rings. The molecule has 0 saturated heterocycles. The first-order valence-electron chi connectivity index (χ1n) is 6.41. The van der Waals surface area contributed by atoms with Crippen molar-refractivity contribution in [2.75, 3.05) is 0 Å². The maximum atomic E-state index is 10.6. The van der Waals surface area contributed by atoms with Crippen molar-refractivity contribution in [2.24, 2.45) is 0 Å². The minimum atomic E-state index is 0.255. The highest BCUT2D eigenvalue weighted by Gasteiger charge is 1.89. The zero-order valence-electron chi connectivity index (χ0n) is 10.4. The fourth-order valence-electron chi connectivity index (χ4n) is 1.59. The lowest BCUT2D eigenvalue weighted by atomic mass is 10.1. The Balaban J connectivity index is 3.04. The van der Waals surface area contributed by atoms with Crippen LogP contribution in [0.3, 0.4) is 0 Å². The molecule has 1 nitrogen and oxygen atoms in total. The smallest absolute Gasteiger partial charge is 0.133 e. The van der Waals surface area contributed by atoms with E-state index in [9.17, 15) is 4.79 Å². The van der Waals surface area contributed by atoms with Crippen LogP contribution in [0.25, 0.3) is 0 Å². The molecule has 0 aliphatic rings. The summed E-state index contributed by atoms with van der Waals surface area (Å²) >= 11 is 0. The molecule has 0 aromatic carbocycles. The number of carbonyl (C=O) groups excluding carboxylic acids is 1. The third kappa shape index (κ3) is 13.4. The second-order valence-electron chi connectivity index (χ2n) is 4.29. The molecule has 0 heterocycles. The lowest BCUT2D eigenvalue weighted by molar-refractivity contribution is -0.116. The molecule has 0 N–H and O–H groups in total. The molecule has 0 radical (unpaired) electrons. The van der Waals surface area contributed by atoms with Gasteiger partial charge in [-0.2, -0.15) is 0 Å². The van der Waals surface area contributed by atoms with Crippen LogP contribution in [0.1, 0.15) is 71.6 Å². The van der Waals surface area contributed by atoms with Crippen molar-refractivity contribution in [1.29, 1.82) is 0 Å². The van der Waals surface area contributed by atoms with Gasteiger partial charge in [0.1, 0.15) is 5.78 Å². The van der Waals surface area contributed by atoms with E-state index in [4.69, 9.17) is 0 Å². The summed E-state index contributed by atoms with van der Waals surface area (Å²) in [5, 5.41) is 0. The van der Waals surface area contributed by atoms with Crippen molar-refractivity contribution >= 4 is 5.78 Å². The monoisotopic (exact) mass is 210 g/mol. The number of allylic oxidation sites excluding steroid dienone is 2. The van der Waals surface area contributed by atoms with Gasteiger partial charge in [0.2, 0.25) is 0 Å². The van der Waals surface area contributed by atoms with Crippen LogP contribution in [0.2, 0.25) is 0 Å². The summed E-state index contributed by atoms with van der Waals surface area (Å²) in [4.78, 5) is 10.6. The fraction of sp³-hybridized carbons (Fsp3) is 0.786. The van der Waals surface area contributed by atoms with Crippen molar-refractivity contribution in [3.8, 4) is 0 Å². The molecule has 88 valence electrons. The van der Waals surface area contributed by atoms with Gasteiger partial charge in [0.15, 0.2) is 0 Å². The third-order valence-corrected chi connectivity index (χ3v) is 2.55. The first-order valence-corrected chi connectivity index (χ1v) is 6.41. The van der Waals surface area contributed by atoms with E-state index in [1.54, 1.807) is 6.92 Å². The van der Waals surface area contributed by atoms with Crippen LogP contribution in [0.4, 0.5) is 0 Å². The van der Waals surface area contributed by atoms with Crippen LogP contribution >= 0.6 is 0 Å². The van der Waals surface area contributed by atoms with E-state index in [1.807, 2.05) is 6.08 Å². The van der Waals surface area contributed by atoms with E-state index in [-0.39, 0.29) is 5.78 Å². The largest absolute Gasteiger partial charge is 0.300 e. The number of ketones is 1. The number of unbranched alkanes of at least 4 members (excludes halogenated alkanes) is 7. The van der Waals surface area contributed by atoms with E-state index in [1.165, 1.54) is 44.9 Å². The summed E-state index contributed by atoms with van der Waals surface area (Å²) in [5.41, 5.74) is 0. The quantitative estimate of drug-likeness (QED) is 0.378. The number of carbonyl (C=O) groups is 1. The van der Waals surface area contributed by atoms with E-state index in [0.717, 1.165) is 6.42 Å². The SMILES string of the molecule is CCCCCCCCC/C=C/CC(C)=O. The molecule has 0 spiro atoms. The summed E-state index contributed by atoms with van der Waals surface area (Å²) in [5.74, 6) is 0.255. The van der Waals surface area contributed by atoms with Gasteiger partial charge in [0.25, 0.3) is 0 Å². The summed E-state index contributed by atoms with van der Waals surface area (Å²) in [6.45, 7) is 3.89. The second-order valence-corrected chi connectivity index (χ2v) is 4.29. The van der Waals surface area contributed by atoms with Crippen molar-refractivity contribution in [3.63, 3.8) is 0 Å². The molecule has 0 bridgehead atoms. The Hall–Kier alpha value is -0.590. The summed E-state index contributed by atoms with van der Waals surface area (Å²) in [6, 6.07) is 0. The van der Waals surface area contributed by atoms with Crippen LogP contribution in [0.5, 0.6) is 0 Å². The van der Waals surface area contributed by atoms with Gasteiger partial charge < -0.3 is 0 Å². The predicted octanol–water partition coefficient (Wildman–Crippen LogP) is 4.66. The molecule has 0 aromatic heterocycles. The van der Waals surface area contributed by atoms with Crippen molar-refractivity contribution < 1.29 is 4.79 Å². The molecule has 0 aliphatic heterocycles. The van der Waals surface area contributed by atoms with Crippen molar-refractivity contribution in [1.82, 2.24) is 0 Å². The van der Waals surface area contributed by atoms with Gasteiger partial charge in [-0.1, -0.05) is 57.6 Å². The van der Waals surface area contributed by atoms with Gasteiger partial charge in [-0.25, -0.2) is 0 Å². The van der Waals surface area contributed by atoms with Crippen LogP contribution in [0, 0.1) is 0 Å². The Morgan fingerprint density at radius 2 is 1.53 bits per heavy atom. The second kappa shape index (κ2) is 11.5. The van der Waals surface area contributed by atoms with Gasteiger partial charge in [0, 0.05) is 6.42 Å². The van der Waals surface area contributed by atoms with E-state index >= 15 is 0 Å². The van der Waals surface area contributed by atoms with Crippen molar-refractivity contribution in [3.05, 3.63) is 12.2 Å². The van der Waals surface area contributed by atoms with E-state index in [0.29, 0.717) is 6.42 Å². The molecule has 0 aliphatic carbocycles. The van der Waals surface area contributed by atoms with Gasteiger partial charge in [-0.15, -0.1) is 0 Å². The highest BCUT2D eigenvalue weighted by molar-refractivity contribution is 5.76. The van der Waals surface area contributed by atoms with Crippen LogP contribution < -0.4 is 0 Å². The average Bonchev–Trinajstić information content (AvgIpc) is 2.20. The van der Waals surface area contributed by atoms with E-state index in [2.05, 4.69) is 13.0 Å². The minimum Gasteiger partial charge on any atom is -0.300 e. The first kappa shape index (κ1) is 14.4. The number of Topliss-reactive ketones (excluding diaryl/α,β-unsaturated/α-hetero) is 1. The number of hydrogen-bond acceptors (Lipinski definition) is 1. The zero-order valence-corrected chi connectivity index (χ0v) is 10.4. The third-order valence-electron chi connectivity index (χ3n) is 2.55. The first-order chi connectivity index (χ1) is 7.27. The molecule has 0 aromatic rings. The number of hydrogen-bond donors (Lipinski definition) is 0. The number of rotatable bonds is 10. The summed E-state index contributed by atoms with van der Waals surface area (Å²) < 4.78 is 0. The standard InChI is InChI=1S/C14H26O/c1-3-4-5-6-7-8-9-10-11-12-13-14(2)15/h11-12H,3-10,13H2,1-2H3/b12-11+. The van der Waals surface area contributed by atoms with Crippen LogP contribution in [-0.2, 0) is 4.79 Å². The molecule has 0 rings (SSSR count). The summed E-state index contributed by atoms with van der Waals surface area (Å²) in [6.07, 6.45) is 15.4. The molecule has 1 heteroatoms. The maximum absolute atomic E-state index is 10.6. The average molecular weight is 210 g/mol. The fourth-order valence-corrected chi connectivity index (χ4v) is 1.59. The minimum absolute atomic E-state index is 0.255. The molecular formula is C14H26O. The topological polar surface area (TPSA) is 17.1 Å². The Morgan fingerprint density at radius 3 is 2.13 bits per heavy atom. The van der Waals surface area contributed by atoms with Gasteiger partial charge >= 0.3 is 0 Å². The Kier molecular flexibility index (Phi) is 11.0. The molecule has 0 saturated carbocycles. The lowest BCUT2D eigenvalue weighted by Gasteiger charge is -1.98. The van der Waals surface area contributed by atoms with Crippen molar-refractivity contribution in [2.45, 2.75) is 71.6 Å². The molecule has 0 amide bonds. The van der Waals surface area contributed by atoms with Gasteiger partial charge in [-0.05, 0) is 19.8 Å². The predicted molar refractivity (Wildman–Crippen MR) is 67.0 cm³/mol. The molecule has 0 atom stereocenters. The highest BCUT2D eigenvalue weighted by atomic mass is 16.1. The Labute approximate surface area is 95.0 Å². The normalized spacial score (nSPS) is 11.1. The zero-order chi connectivity index (χ0) is 11.4.